The van der Waals surface area contributed by atoms with Gasteiger partial charge >= 0.3 is 11.9 Å². The maximum absolute atomic E-state index is 10.6. The Balaban J connectivity index is 0.000000214. The van der Waals surface area contributed by atoms with Gasteiger partial charge in [0.05, 0.1) is 12.2 Å². The number of hydrogen-bond donors (Lipinski definition) is 5. The fourth-order valence-electron chi connectivity index (χ4n) is 2.58. The van der Waals surface area contributed by atoms with Crippen LogP contribution in [0.3, 0.4) is 0 Å². The van der Waals surface area contributed by atoms with Gasteiger partial charge in [0, 0.05) is 24.8 Å². The molecule has 1 heterocycles. The number of aliphatic hydroxyl groups is 1. The molecule has 0 spiro atoms. The second kappa shape index (κ2) is 11.3. The summed E-state index contributed by atoms with van der Waals surface area (Å²) in [6.45, 7) is 1.07. The molecule has 0 unspecified atom stereocenters. The van der Waals surface area contributed by atoms with Gasteiger partial charge in [-0.15, -0.1) is 0 Å². The molecule has 0 saturated carbocycles. The molecule has 0 saturated heterocycles. The third-order valence-corrected chi connectivity index (χ3v) is 4.09. The SMILES string of the molecule is O=C(O)c1cnc(C(=O)O)c(O)c1CO.c1ccc(CNCc2ccccc2)cc1. The van der Waals surface area contributed by atoms with E-state index >= 15 is 0 Å². The van der Waals surface area contributed by atoms with Gasteiger partial charge in [0.2, 0.25) is 0 Å². The van der Waals surface area contributed by atoms with E-state index in [0.29, 0.717) is 0 Å². The maximum atomic E-state index is 10.6. The smallest absolute Gasteiger partial charge is 0.358 e. The Kier molecular flexibility index (Phi) is 8.49. The van der Waals surface area contributed by atoms with E-state index in [-0.39, 0.29) is 5.56 Å². The standard InChI is InChI=1S/C14H15N.C8H7NO6/c1-3-7-13(8-4-1)11-15-12-14-9-5-2-6-10-14;10-2-4-3(7(12)13)1-9-5(6(4)11)8(14)15/h1-10,15H,11-12H2;1,10-11H,2H2,(H,12,13)(H,14,15). The van der Waals surface area contributed by atoms with Crippen LogP contribution >= 0.6 is 0 Å². The zero-order valence-corrected chi connectivity index (χ0v) is 16.0. The van der Waals surface area contributed by atoms with E-state index < -0.39 is 35.6 Å². The summed E-state index contributed by atoms with van der Waals surface area (Å²) < 4.78 is 0. The number of carboxylic acids is 2. The van der Waals surface area contributed by atoms with Crippen LogP contribution in [0.25, 0.3) is 0 Å². The Bertz CT molecular complexity index is 938. The number of nitrogens with one attached hydrogen (secondary N) is 1. The minimum atomic E-state index is -1.50. The third-order valence-electron chi connectivity index (χ3n) is 4.09. The number of carboxylic acid groups (broad SMARTS) is 2. The molecule has 3 rings (SSSR count). The van der Waals surface area contributed by atoms with Crippen LogP contribution in [-0.2, 0) is 19.7 Å². The van der Waals surface area contributed by atoms with Gasteiger partial charge in [-0.1, -0.05) is 60.7 Å². The molecule has 2 aromatic carbocycles. The van der Waals surface area contributed by atoms with Crippen LogP contribution in [0.2, 0.25) is 0 Å². The quantitative estimate of drug-likeness (QED) is 0.400. The van der Waals surface area contributed by atoms with Crippen molar-refractivity contribution in [2.24, 2.45) is 0 Å². The zero-order chi connectivity index (χ0) is 21.9. The van der Waals surface area contributed by atoms with Gasteiger partial charge in [-0.2, -0.15) is 0 Å². The number of aromatic nitrogens is 1. The first-order chi connectivity index (χ1) is 14.4. The molecular weight excluding hydrogens is 388 g/mol. The molecule has 156 valence electrons. The van der Waals surface area contributed by atoms with Crippen LogP contribution in [0.4, 0.5) is 0 Å². The molecule has 1 aromatic heterocycles. The summed E-state index contributed by atoms with van der Waals surface area (Å²) >= 11 is 0. The predicted octanol–water partition coefficient (Wildman–Crippen LogP) is 2.65. The summed E-state index contributed by atoms with van der Waals surface area (Å²) in [5.74, 6) is -3.73. The summed E-state index contributed by atoms with van der Waals surface area (Å²) in [6.07, 6.45) is 0.775. The lowest BCUT2D eigenvalue weighted by molar-refractivity contribution is 0.0669. The Labute approximate surface area is 173 Å². The first-order valence-electron chi connectivity index (χ1n) is 9.00. The molecule has 0 aliphatic rings. The van der Waals surface area contributed by atoms with E-state index in [2.05, 4.69) is 58.8 Å². The van der Waals surface area contributed by atoms with Crippen LogP contribution in [0.1, 0.15) is 37.5 Å². The number of carbonyl (C=O) groups is 2. The van der Waals surface area contributed by atoms with Gasteiger partial charge in [0.1, 0.15) is 0 Å². The third kappa shape index (κ3) is 6.40. The van der Waals surface area contributed by atoms with Crippen LogP contribution in [0.15, 0.2) is 66.9 Å². The summed E-state index contributed by atoms with van der Waals surface area (Å²) in [6, 6.07) is 20.9. The highest BCUT2D eigenvalue weighted by molar-refractivity contribution is 5.94. The zero-order valence-electron chi connectivity index (χ0n) is 16.0. The Hall–Kier alpha value is -3.75. The molecule has 0 aliphatic carbocycles. The summed E-state index contributed by atoms with van der Waals surface area (Å²) in [5, 5.41) is 38.8. The van der Waals surface area contributed by atoms with E-state index in [9.17, 15) is 14.7 Å². The molecule has 0 radical (unpaired) electrons. The minimum Gasteiger partial charge on any atom is -0.505 e. The van der Waals surface area contributed by atoms with Gasteiger partial charge < -0.3 is 25.7 Å². The maximum Gasteiger partial charge on any atom is 0.358 e. The largest absolute Gasteiger partial charge is 0.505 e. The van der Waals surface area contributed by atoms with Crippen molar-refractivity contribution in [3.05, 3.63) is 94.8 Å². The number of nitrogens with zero attached hydrogens (tertiary/aromatic N) is 1. The van der Waals surface area contributed by atoms with Crippen LogP contribution in [-0.4, -0.2) is 37.3 Å². The van der Waals surface area contributed by atoms with Crippen molar-refractivity contribution in [1.29, 1.82) is 0 Å². The molecular formula is C22H22N2O6. The lowest BCUT2D eigenvalue weighted by Crippen LogP contribution is -2.12. The average Bonchev–Trinajstić information content (AvgIpc) is 2.75. The lowest BCUT2D eigenvalue weighted by atomic mass is 10.1. The fourth-order valence-corrected chi connectivity index (χ4v) is 2.58. The van der Waals surface area contributed by atoms with Crippen LogP contribution in [0.5, 0.6) is 5.75 Å². The van der Waals surface area contributed by atoms with Crippen LogP contribution < -0.4 is 5.32 Å². The van der Waals surface area contributed by atoms with Gasteiger partial charge in [0.15, 0.2) is 11.4 Å². The van der Waals surface area contributed by atoms with Gasteiger partial charge in [-0.05, 0) is 11.1 Å². The van der Waals surface area contributed by atoms with E-state index in [0.717, 1.165) is 19.3 Å². The minimum absolute atomic E-state index is 0.366. The first-order valence-corrected chi connectivity index (χ1v) is 9.00. The number of pyridine rings is 1. The highest BCUT2D eigenvalue weighted by atomic mass is 16.4. The highest BCUT2D eigenvalue weighted by Gasteiger charge is 2.21. The van der Waals surface area contributed by atoms with E-state index in [4.69, 9.17) is 15.3 Å². The molecule has 0 fully saturated rings. The van der Waals surface area contributed by atoms with E-state index in [1.807, 2.05) is 12.1 Å². The molecule has 3 aromatic rings. The van der Waals surface area contributed by atoms with Crippen molar-refractivity contribution in [3.63, 3.8) is 0 Å². The Morgan fingerprint density at radius 3 is 1.73 bits per heavy atom. The molecule has 0 bridgehead atoms. The summed E-state index contributed by atoms with van der Waals surface area (Å²) in [4.78, 5) is 24.4. The fraction of sp³-hybridized carbons (Fsp3) is 0.136. The van der Waals surface area contributed by atoms with Gasteiger partial charge in [0.25, 0.3) is 0 Å². The molecule has 8 heteroatoms. The van der Waals surface area contributed by atoms with Crippen molar-refractivity contribution in [2.75, 3.05) is 0 Å². The van der Waals surface area contributed by atoms with Gasteiger partial charge in [-0.25, -0.2) is 14.6 Å². The summed E-state index contributed by atoms with van der Waals surface area (Å²) in [7, 11) is 0. The normalized spacial score (nSPS) is 10.0. The monoisotopic (exact) mass is 410 g/mol. The van der Waals surface area contributed by atoms with Crippen molar-refractivity contribution >= 4 is 11.9 Å². The average molecular weight is 410 g/mol. The molecule has 0 aliphatic heterocycles. The molecule has 8 nitrogen and oxygen atoms in total. The predicted molar refractivity (Wildman–Crippen MR) is 109 cm³/mol. The topological polar surface area (TPSA) is 140 Å². The van der Waals surface area contributed by atoms with Crippen molar-refractivity contribution in [3.8, 4) is 5.75 Å². The number of hydrogen-bond acceptors (Lipinski definition) is 6. The number of aliphatic hydroxyl groups excluding tert-OH is 1. The van der Waals surface area contributed by atoms with Crippen molar-refractivity contribution in [2.45, 2.75) is 19.7 Å². The Morgan fingerprint density at radius 1 is 0.833 bits per heavy atom. The van der Waals surface area contributed by atoms with Crippen molar-refractivity contribution < 1.29 is 30.0 Å². The first kappa shape index (κ1) is 22.5. The lowest BCUT2D eigenvalue weighted by Gasteiger charge is -2.06. The van der Waals surface area contributed by atoms with E-state index in [1.54, 1.807) is 0 Å². The number of rotatable bonds is 7. The molecule has 5 N–H and O–H groups in total. The Morgan fingerprint density at radius 2 is 1.33 bits per heavy atom. The summed E-state index contributed by atoms with van der Waals surface area (Å²) in [5.41, 5.74) is 1.17. The highest BCUT2D eigenvalue weighted by Crippen LogP contribution is 2.24. The number of benzene rings is 2. The van der Waals surface area contributed by atoms with Crippen LogP contribution in [0, 0.1) is 0 Å². The second-order valence-electron chi connectivity index (χ2n) is 6.19. The second-order valence-corrected chi connectivity index (χ2v) is 6.19. The van der Waals surface area contributed by atoms with E-state index in [1.165, 1.54) is 11.1 Å². The molecule has 0 amide bonds. The molecule has 0 atom stereocenters. The van der Waals surface area contributed by atoms with Gasteiger partial charge in [-0.3, -0.25) is 0 Å². The number of aromatic carboxylic acids is 2. The van der Waals surface area contributed by atoms with Crippen molar-refractivity contribution in [1.82, 2.24) is 10.3 Å². The number of aromatic hydroxyl groups is 1. The molecule has 30 heavy (non-hydrogen) atoms.